The third-order valence-electron chi connectivity index (χ3n) is 2.41. The topological polar surface area (TPSA) is 60.4 Å². The Balaban J connectivity index is 2.51. The van der Waals surface area contributed by atoms with Crippen LogP contribution in [0.2, 0.25) is 0 Å². The lowest BCUT2D eigenvalue weighted by atomic mass is 10.1. The second-order valence-electron chi connectivity index (χ2n) is 4.11. The van der Waals surface area contributed by atoms with Crippen molar-refractivity contribution in [1.29, 1.82) is 0 Å². The smallest absolute Gasteiger partial charge is 0.162 e. The molecule has 1 aromatic rings. The number of carbonyl (C=O) groups is 1. The number of ketones is 1. The van der Waals surface area contributed by atoms with Crippen molar-refractivity contribution >= 4 is 15.6 Å². The summed E-state index contributed by atoms with van der Waals surface area (Å²) in [7, 11) is -2.99. The van der Waals surface area contributed by atoms with Crippen molar-refractivity contribution in [2.45, 2.75) is 19.8 Å². The van der Waals surface area contributed by atoms with Gasteiger partial charge in [0.2, 0.25) is 0 Å². The zero-order chi connectivity index (χ0) is 13.6. The number of hydrogen-bond acceptors (Lipinski definition) is 4. The van der Waals surface area contributed by atoms with Crippen molar-refractivity contribution in [3.63, 3.8) is 0 Å². The van der Waals surface area contributed by atoms with Crippen LogP contribution in [-0.2, 0) is 9.84 Å². The zero-order valence-corrected chi connectivity index (χ0v) is 11.5. The van der Waals surface area contributed by atoms with Gasteiger partial charge in [0.05, 0.1) is 12.4 Å². The molecule has 5 heteroatoms. The van der Waals surface area contributed by atoms with Crippen molar-refractivity contribution in [1.82, 2.24) is 0 Å². The summed E-state index contributed by atoms with van der Waals surface area (Å²) >= 11 is 0. The molecule has 0 amide bonds. The fourth-order valence-electron chi connectivity index (χ4n) is 1.54. The van der Waals surface area contributed by atoms with Gasteiger partial charge in [-0.1, -0.05) is 0 Å². The molecule has 1 rings (SSSR count). The molecule has 0 saturated heterocycles. The number of ether oxygens (including phenoxy) is 1. The van der Waals surface area contributed by atoms with E-state index in [0.717, 1.165) is 5.75 Å². The minimum absolute atomic E-state index is 0.0401. The molecule has 0 N–H and O–H groups in total. The molecule has 0 bridgehead atoms. The summed E-state index contributed by atoms with van der Waals surface area (Å²) in [6.45, 7) is 2.48. The molecule has 100 valence electrons. The molecule has 0 aliphatic heterocycles. The molecule has 4 nitrogen and oxygen atoms in total. The van der Waals surface area contributed by atoms with Crippen LogP contribution in [0.25, 0.3) is 0 Å². The number of rotatable bonds is 7. The van der Waals surface area contributed by atoms with Crippen LogP contribution >= 0.6 is 0 Å². The Kier molecular flexibility index (Phi) is 5.34. The van der Waals surface area contributed by atoms with E-state index in [1.807, 2.05) is 6.92 Å². The van der Waals surface area contributed by atoms with E-state index in [0.29, 0.717) is 18.6 Å². The van der Waals surface area contributed by atoms with Gasteiger partial charge in [0.1, 0.15) is 15.6 Å². The highest BCUT2D eigenvalue weighted by Crippen LogP contribution is 2.14. The lowest BCUT2D eigenvalue weighted by molar-refractivity contribution is 0.0982. The minimum atomic E-state index is -2.99. The van der Waals surface area contributed by atoms with E-state index in [4.69, 9.17) is 4.74 Å². The first-order valence-electron chi connectivity index (χ1n) is 5.86. The maximum Gasteiger partial charge on any atom is 0.162 e. The largest absolute Gasteiger partial charge is 0.494 e. The maximum atomic E-state index is 11.8. The van der Waals surface area contributed by atoms with Gasteiger partial charge in [0.15, 0.2) is 5.78 Å². The van der Waals surface area contributed by atoms with Crippen molar-refractivity contribution < 1.29 is 17.9 Å². The normalized spacial score (nSPS) is 11.2. The van der Waals surface area contributed by atoms with E-state index in [1.54, 1.807) is 24.3 Å². The van der Waals surface area contributed by atoms with Crippen LogP contribution in [0.4, 0.5) is 0 Å². The maximum absolute atomic E-state index is 11.8. The molecule has 0 aliphatic rings. The van der Waals surface area contributed by atoms with Gasteiger partial charge in [-0.05, 0) is 37.6 Å². The van der Waals surface area contributed by atoms with E-state index in [1.165, 1.54) is 6.26 Å². The summed E-state index contributed by atoms with van der Waals surface area (Å²) in [6, 6.07) is 6.89. The van der Waals surface area contributed by atoms with Crippen LogP contribution < -0.4 is 4.74 Å². The van der Waals surface area contributed by atoms with Gasteiger partial charge in [0.25, 0.3) is 0 Å². The summed E-state index contributed by atoms with van der Waals surface area (Å²) in [5.41, 5.74) is 0.590. The molecule has 18 heavy (non-hydrogen) atoms. The average molecular weight is 270 g/mol. The van der Waals surface area contributed by atoms with Crippen LogP contribution in [0.1, 0.15) is 30.1 Å². The number of benzene rings is 1. The van der Waals surface area contributed by atoms with Crippen molar-refractivity contribution in [3.8, 4) is 5.75 Å². The fraction of sp³-hybridized carbons (Fsp3) is 0.462. The highest BCUT2D eigenvalue weighted by molar-refractivity contribution is 7.90. The summed E-state index contributed by atoms with van der Waals surface area (Å²) in [4.78, 5) is 11.8. The lowest BCUT2D eigenvalue weighted by Crippen LogP contribution is -2.06. The van der Waals surface area contributed by atoms with Gasteiger partial charge in [-0.3, -0.25) is 4.79 Å². The Morgan fingerprint density at radius 1 is 1.22 bits per heavy atom. The van der Waals surface area contributed by atoms with E-state index in [-0.39, 0.29) is 18.0 Å². The van der Waals surface area contributed by atoms with Gasteiger partial charge in [-0.15, -0.1) is 0 Å². The summed E-state index contributed by atoms with van der Waals surface area (Å²) < 4.78 is 27.2. The van der Waals surface area contributed by atoms with Crippen LogP contribution in [0.15, 0.2) is 24.3 Å². The number of Topliss-reactive ketones (excluding diaryl/α,β-unsaturated/α-hetero) is 1. The second-order valence-corrected chi connectivity index (χ2v) is 6.37. The van der Waals surface area contributed by atoms with Crippen molar-refractivity contribution in [3.05, 3.63) is 29.8 Å². The Bertz CT molecular complexity index is 488. The van der Waals surface area contributed by atoms with Gasteiger partial charge >= 0.3 is 0 Å². The molecule has 0 radical (unpaired) electrons. The lowest BCUT2D eigenvalue weighted by Gasteiger charge is -2.04. The molecule has 0 aromatic heterocycles. The monoisotopic (exact) mass is 270 g/mol. The van der Waals surface area contributed by atoms with E-state index in [2.05, 4.69) is 0 Å². The summed E-state index contributed by atoms with van der Waals surface area (Å²) in [6.07, 6.45) is 1.79. The highest BCUT2D eigenvalue weighted by Gasteiger charge is 2.08. The first-order valence-corrected chi connectivity index (χ1v) is 7.92. The van der Waals surface area contributed by atoms with Crippen molar-refractivity contribution in [2.75, 3.05) is 18.6 Å². The van der Waals surface area contributed by atoms with Gasteiger partial charge in [-0.2, -0.15) is 0 Å². The van der Waals surface area contributed by atoms with Crippen LogP contribution in [0.5, 0.6) is 5.75 Å². The Labute approximate surface area is 108 Å². The predicted molar refractivity (Wildman–Crippen MR) is 70.9 cm³/mol. The number of carbonyl (C=O) groups excluding carboxylic acids is 1. The molecule has 0 aliphatic carbocycles. The molecule has 0 unspecified atom stereocenters. The Morgan fingerprint density at radius 2 is 1.83 bits per heavy atom. The predicted octanol–water partition coefficient (Wildman–Crippen LogP) is 2.09. The highest BCUT2D eigenvalue weighted by atomic mass is 32.2. The molecular formula is C13H18O4S. The van der Waals surface area contributed by atoms with Gasteiger partial charge < -0.3 is 4.74 Å². The first kappa shape index (κ1) is 14.7. The van der Waals surface area contributed by atoms with E-state index >= 15 is 0 Å². The van der Waals surface area contributed by atoms with Crippen LogP contribution in [0.3, 0.4) is 0 Å². The fourth-order valence-corrected chi connectivity index (χ4v) is 2.21. The first-order chi connectivity index (χ1) is 8.42. The van der Waals surface area contributed by atoms with Gasteiger partial charge in [0, 0.05) is 18.2 Å². The van der Waals surface area contributed by atoms with Crippen LogP contribution in [-0.4, -0.2) is 32.8 Å². The minimum Gasteiger partial charge on any atom is -0.494 e. The molecule has 0 atom stereocenters. The zero-order valence-electron chi connectivity index (χ0n) is 10.7. The van der Waals surface area contributed by atoms with E-state index < -0.39 is 9.84 Å². The van der Waals surface area contributed by atoms with Crippen LogP contribution in [0, 0.1) is 0 Å². The molecule has 0 spiro atoms. The molecular weight excluding hydrogens is 252 g/mol. The third kappa shape index (κ3) is 5.31. The number of hydrogen-bond donors (Lipinski definition) is 0. The third-order valence-corrected chi connectivity index (χ3v) is 3.44. The number of sulfone groups is 1. The average Bonchev–Trinajstić information content (AvgIpc) is 2.28. The standard InChI is InChI=1S/C13H18O4S/c1-3-17-12-8-6-11(7-9-12)13(14)5-4-10-18(2,15)16/h6-9H,3-5,10H2,1-2H3. The Morgan fingerprint density at radius 3 is 2.33 bits per heavy atom. The van der Waals surface area contributed by atoms with Gasteiger partial charge in [-0.25, -0.2) is 8.42 Å². The second kappa shape index (κ2) is 6.54. The molecule has 1 aromatic carbocycles. The molecule has 0 heterocycles. The Hall–Kier alpha value is -1.36. The quantitative estimate of drug-likeness (QED) is 0.712. The summed E-state index contributed by atoms with van der Waals surface area (Å²) in [5, 5.41) is 0. The van der Waals surface area contributed by atoms with E-state index in [9.17, 15) is 13.2 Å². The molecule has 0 saturated carbocycles. The molecule has 0 fully saturated rings. The summed E-state index contributed by atoms with van der Waals surface area (Å²) in [5.74, 6) is 0.738. The SMILES string of the molecule is CCOc1ccc(C(=O)CCCS(C)(=O)=O)cc1. The van der Waals surface area contributed by atoms with Crippen molar-refractivity contribution in [2.24, 2.45) is 0 Å².